The van der Waals surface area contributed by atoms with Crippen molar-refractivity contribution in [2.45, 2.75) is 11.8 Å². The highest BCUT2D eigenvalue weighted by molar-refractivity contribution is 8.13. The second-order valence-electron chi connectivity index (χ2n) is 5.43. The topological polar surface area (TPSA) is 58.6 Å². The van der Waals surface area contributed by atoms with Crippen molar-refractivity contribution in [3.05, 3.63) is 53.6 Å². The number of nitrogens with one attached hydrogen (secondary N) is 1. The number of ether oxygens (including phenoxy) is 1. The summed E-state index contributed by atoms with van der Waals surface area (Å²) in [5.41, 5.74) is 2.17. The number of amides is 2. The van der Waals surface area contributed by atoms with Crippen molar-refractivity contribution in [2.75, 3.05) is 26.5 Å². The van der Waals surface area contributed by atoms with Crippen LogP contribution < -0.4 is 10.1 Å². The number of nitrogens with zero attached hydrogens (tertiary/aromatic N) is 1. The number of thioether (sulfide) groups is 1. The van der Waals surface area contributed by atoms with Gasteiger partial charge < -0.3 is 15.0 Å². The number of carbonyl (C=O) groups is 2. The van der Waals surface area contributed by atoms with Crippen LogP contribution in [0.15, 0.2) is 47.4 Å². The first-order valence-electron chi connectivity index (χ1n) is 7.36. The Morgan fingerprint density at radius 1 is 1.08 bits per heavy atom. The van der Waals surface area contributed by atoms with E-state index in [-0.39, 0.29) is 11.1 Å². The summed E-state index contributed by atoms with van der Waals surface area (Å²) >= 11 is 1.14. The molecule has 2 rings (SSSR count). The van der Waals surface area contributed by atoms with Gasteiger partial charge in [0.1, 0.15) is 5.75 Å². The molecule has 0 aliphatic heterocycles. The van der Waals surface area contributed by atoms with Crippen LogP contribution in [0.25, 0.3) is 0 Å². The SMILES string of the molecule is COc1cc(C(=O)Nc2ccc(SC(=O)N(C)C)cc2)ccc1C. The van der Waals surface area contributed by atoms with E-state index in [1.54, 1.807) is 57.6 Å². The van der Waals surface area contributed by atoms with Crippen LogP contribution in [-0.4, -0.2) is 37.3 Å². The summed E-state index contributed by atoms with van der Waals surface area (Å²) in [6.45, 7) is 1.92. The zero-order valence-corrected chi connectivity index (χ0v) is 14.9. The molecular weight excluding hydrogens is 324 g/mol. The van der Waals surface area contributed by atoms with Crippen molar-refractivity contribution in [2.24, 2.45) is 0 Å². The summed E-state index contributed by atoms with van der Waals surface area (Å²) in [6.07, 6.45) is 0. The van der Waals surface area contributed by atoms with Gasteiger partial charge in [0.2, 0.25) is 0 Å². The van der Waals surface area contributed by atoms with Crippen LogP contribution in [0.2, 0.25) is 0 Å². The molecule has 2 amide bonds. The van der Waals surface area contributed by atoms with E-state index in [0.717, 1.165) is 22.2 Å². The van der Waals surface area contributed by atoms with Gasteiger partial charge in [0, 0.05) is 30.2 Å². The van der Waals surface area contributed by atoms with Crippen molar-refractivity contribution in [1.29, 1.82) is 0 Å². The van der Waals surface area contributed by atoms with Gasteiger partial charge in [-0.05, 0) is 60.6 Å². The molecule has 0 aliphatic carbocycles. The number of benzene rings is 2. The third-order valence-corrected chi connectivity index (χ3v) is 4.40. The molecule has 0 fully saturated rings. The molecule has 0 aliphatic rings. The molecule has 126 valence electrons. The molecule has 24 heavy (non-hydrogen) atoms. The van der Waals surface area contributed by atoms with Crippen LogP contribution in [-0.2, 0) is 0 Å². The number of carbonyl (C=O) groups excluding carboxylic acids is 2. The minimum atomic E-state index is -0.210. The summed E-state index contributed by atoms with van der Waals surface area (Å²) in [4.78, 5) is 26.3. The molecule has 2 aromatic carbocycles. The molecule has 0 radical (unpaired) electrons. The molecule has 0 spiro atoms. The lowest BCUT2D eigenvalue weighted by molar-refractivity contribution is 0.102. The molecule has 0 unspecified atom stereocenters. The van der Waals surface area contributed by atoms with Gasteiger partial charge in [0.15, 0.2) is 0 Å². The second kappa shape index (κ2) is 7.88. The summed E-state index contributed by atoms with van der Waals surface area (Å²) < 4.78 is 5.24. The first-order valence-corrected chi connectivity index (χ1v) is 8.17. The average molecular weight is 344 g/mol. The van der Waals surface area contributed by atoms with Gasteiger partial charge in [-0.3, -0.25) is 9.59 Å². The first-order chi connectivity index (χ1) is 11.4. The number of hydrogen-bond donors (Lipinski definition) is 1. The molecule has 0 saturated heterocycles. The average Bonchev–Trinajstić information content (AvgIpc) is 2.56. The highest BCUT2D eigenvalue weighted by Crippen LogP contribution is 2.23. The lowest BCUT2D eigenvalue weighted by Crippen LogP contribution is -2.16. The van der Waals surface area contributed by atoms with E-state index < -0.39 is 0 Å². The van der Waals surface area contributed by atoms with Gasteiger partial charge in [-0.25, -0.2) is 0 Å². The van der Waals surface area contributed by atoms with E-state index in [2.05, 4.69) is 5.32 Å². The van der Waals surface area contributed by atoms with Crippen LogP contribution in [0, 0.1) is 6.92 Å². The quantitative estimate of drug-likeness (QED) is 0.851. The van der Waals surface area contributed by atoms with Gasteiger partial charge in [0.05, 0.1) is 7.11 Å². The van der Waals surface area contributed by atoms with E-state index in [1.165, 1.54) is 4.90 Å². The van der Waals surface area contributed by atoms with Crippen molar-refractivity contribution in [1.82, 2.24) is 4.90 Å². The predicted molar refractivity (Wildman–Crippen MR) is 97.1 cm³/mol. The van der Waals surface area contributed by atoms with Crippen molar-refractivity contribution in [3.63, 3.8) is 0 Å². The third kappa shape index (κ3) is 4.52. The van der Waals surface area contributed by atoms with Gasteiger partial charge in [-0.15, -0.1) is 0 Å². The Bertz CT molecular complexity index is 742. The fourth-order valence-electron chi connectivity index (χ4n) is 1.96. The standard InChI is InChI=1S/C18H20N2O3S/c1-12-5-6-13(11-16(12)23-4)17(21)19-14-7-9-15(10-8-14)24-18(22)20(2)3/h5-11H,1-4H3,(H,19,21). The first kappa shape index (κ1) is 17.9. The number of aryl methyl sites for hydroxylation is 1. The summed E-state index contributed by atoms with van der Waals surface area (Å²) in [6, 6.07) is 12.5. The monoisotopic (exact) mass is 344 g/mol. The van der Waals surface area contributed by atoms with Crippen LogP contribution >= 0.6 is 11.8 Å². The molecule has 0 saturated carbocycles. The van der Waals surface area contributed by atoms with Crippen molar-refractivity contribution in [3.8, 4) is 5.75 Å². The van der Waals surface area contributed by atoms with Crippen molar-refractivity contribution < 1.29 is 14.3 Å². The van der Waals surface area contributed by atoms with Gasteiger partial charge >= 0.3 is 0 Å². The Balaban J connectivity index is 2.05. The fourth-order valence-corrected chi connectivity index (χ4v) is 2.62. The zero-order chi connectivity index (χ0) is 17.7. The maximum Gasteiger partial charge on any atom is 0.285 e. The third-order valence-electron chi connectivity index (χ3n) is 3.35. The Morgan fingerprint density at radius 3 is 2.33 bits per heavy atom. The predicted octanol–water partition coefficient (Wildman–Crippen LogP) is 4.03. The van der Waals surface area contributed by atoms with Gasteiger partial charge in [-0.2, -0.15) is 0 Å². The largest absolute Gasteiger partial charge is 0.496 e. The van der Waals surface area contributed by atoms with Crippen LogP contribution in [0.4, 0.5) is 10.5 Å². The van der Waals surface area contributed by atoms with Crippen molar-refractivity contribution >= 4 is 28.6 Å². The van der Waals surface area contributed by atoms with E-state index in [4.69, 9.17) is 4.74 Å². The minimum absolute atomic E-state index is 0.0430. The zero-order valence-electron chi connectivity index (χ0n) is 14.1. The highest BCUT2D eigenvalue weighted by Gasteiger charge is 2.10. The number of hydrogen-bond acceptors (Lipinski definition) is 4. The maximum atomic E-state index is 12.3. The van der Waals surface area contributed by atoms with E-state index in [1.807, 2.05) is 13.0 Å². The lowest BCUT2D eigenvalue weighted by atomic mass is 10.1. The Morgan fingerprint density at radius 2 is 1.75 bits per heavy atom. The molecule has 6 heteroatoms. The maximum absolute atomic E-state index is 12.3. The fraction of sp³-hybridized carbons (Fsp3) is 0.222. The number of rotatable bonds is 4. The lowest BCUT2D eigenvalue weighted by Gasteiger charge is -2.10. The molecule has 0 bridgehead atoms. The highest BCUT2D eigenvalue weighted by atomic mass is 32.2. The molecular formula is C18H20N2O3S. The van der Waals surface area contributed by atoms with Crippen LogP contribution in [0.1, 0.15) is 15.9 Å². The van der Waals surface area contributed by atoms with Crippen LogP contribution in [0.3, 0.4) is 0 Å². The summed E-state index contributed by atoms with van der Waals surface area (Å²) in [5.74, 6) is 0.467. The minimum Gasteiger partial charge on any atom is -0.496 e. The molecule has 0 heterocycles. The Kier molecular flexibility index (Phi) is 5.87. The molecule has 1 N–H and O–H groups in total. The molecule has 0 atom stereocenters. The van der Waals surface area contributed by atoms with E-state index >= 15 is 0 Å². The summed E-state index contributed by atoms with van der Waals surface area (Å²) in [5, 5.41) is 2.79. The number of anilines is 1. The van der Waals surface area contributed by atoms with Gasteiger partial charge in [0.25, 0.3) is 11.1 Å². The normalized spacial score (nSPS) is 10.2. The van der Waals surface area contributed by atoms with Crippen LogP contribution in [0.5, 0.6) is 5.75 Å². The smallest absolute Gasteiger partial charge is 0.285 e. The number of methoxy groups -OCH3 is 1. The molecule has 5 nitrogen and oxygen atoms in total. The summed E-state index contributed by atoms with van der Waals surface area (Å²) in [7, 11) is 5.00. The molecule has 2 aromatic rings. The Hall–Kier alpha value is -2.47. The van der Waals surface area contributed by atoms with E-state index in [0.29, 0.717) is 17.0 Å². The van der Waals surface area contributed by atoms with Gasteiger partial charge in [-0.1, -0.05) is 6.07 Å². The second-order valence-corrected chi connectivity index (χ2v) is 6.45. The molecule has 0 aromatic heterocycles. The Labute approximate surface area is 146 Å². The van der Waals surface area contributed by atoms with E-state index in [9.17, 15) is 9.59 Å².